The van der Waals surface area contributed by atoms with E-state index in [1.807, 2.05) is 20.2 Å². The number of furan rings is 1. The molecule has 0 amide bonds. The average Bonchev–Trinajstić information content (AvgIpc) is 2.79. The van der Waals surface area contributed by atoms with Gasteiger partial charge in [-0.05, 0) is 60.1 Å². The Balaban J connectivity index is 2.27. The predicted octanol–water partition coefficient (Wildman–Crippen LogP) is 4.29. The first-order valence-corrected chi connectivity index (χ1v) is 7.69. The van der Waals surface area contributed by atoms with Crippen LogP contribution in [0.25, 0.3) is 0 Å². The smallest absolute Gasteiger partial charge is 0.137 e. The van der Waals surface area contributed by atoms with Crippen molar-refractivity contribution in [2.24, 2.45) is 5.41 Å². The Morgan fingerprint density at radius 2 is 1.95 bits per heavy atom. The topological polar surface area (TPSA) is 34.4 Å². The molecule has 1 fully saturated rings. The number of nitrogens with one attached hydrogen (secondary N) is 1. The van der Waals surface area contributed by atoms with Crippen LogP contribution in [0.2, 0.25) is 0 Å². The zero-order valence-electron chi connectivity index (χ0n) is 12.3. The van der Waals surface area contributed by atoms with Gasteiger partial charge in [-0.2, -0.15) is 0 Å². The first-order valence-electron chi connectivity index (χ1n) is 6.89. The summed E-state index contributed by atoms with van der Waals surface area (Å²) < 4.78 is 12.6. The first-order chi connectivity index (χ1) is 8.94. The maximum Gasteiger partial charge on any atom is 0.137 e. The minimum Gasteiger partial charge on any atom is -0.466 e. The molecule has 2 rings (SSSR count). The van der Waals surface area contributed by atoms with Crippen molar-refractivity contribution in [1.29, 1.82) is 0 Å². The van der Waals surface area contributed by atoms with E-state index in [0.717, 1.165) is 23.1 Å². The van der Waals surface area contributed by atoms with Crippen LogP contribution >= 0.6 is 15.9 Å². The van der Waals surface area contributed by atoms with Crippen LogP contribution in [0.4, 0.5) is 0 Å². The molecule has 0 spiro atoms. The summed E-state index contributed by atoms with van der Waals surface area (Å²) in [5.41, 5.74) is 0.241. The Morgan fingerprint density at radius 3 is 2.37 bits per heavy atom. The van der Waals surface area contributed by atoms with E-state index in [0.29, 0.717) is 5.41 Å². The molecule has 1 aromatic heterocycles. The van der Waals surface area contributed by atoms with Gasteiger partial charge in [-0.1, -0.05) is 13.8 Å². The van der Waals surface area contributed by atoms with Crippen molar-refractivity contribution in [2.45, 2.75) is 51.2 Å². The lowest BCUT2D eigenvalue weighted by atomic mass is 9.68. The summed E-state index contributed by atoms with van der Waals surface area (Å²) >= 11 is 3.56. The molecule has 0 aliphatic heterocycles. The number of rotatable bonds is 4. The van der Waals surface area contributed by atoms with E-state index in [1.165, 1.54) is 12.8 Å². The van der Waals surface area contributed by atoms with Crippen LogP contribution in [0.3, 0.4) is 0 Å². The van der Waals surface area contributed by atoms with Crippen LogP contribution in [0, 0.1) is 5.41 Å². The fourth-order valence-electron chi connectivity index (χ4n) is 3.11. The highest BCUT2D eigenvalue weighted by atomic mass is 79.9. The van der Waals surface area contributed by atoms with Crippen molar-refractivity contribution in [1.82, 2.24) is 5.32 Å². The van der Waals surface area contributed by atoms with Crippen molar-refractivity contribution in [3.8, 4) is 0 Å². The lowest BCUT2D eigenvalue weighted by Gasteiger charge is -2.46. The monoisotopic (exact) mass is 329 g/mol. The number of halogens is 1. The van der Waals surface area contributed by atoms with E-state index in [1.54, 1.807) is 6.26 Å². The second kappa shape index (κ2) is 5.58. The number of likely N-dealkylation sites (N-methyl/N-ethyl adjacent to an activating group) is 1. The third-order valence-corrected chi connectivity index (χ3v) is 5.23. The van der Waals surface area contributed by atoms with Gasteiger partial charge in [-0.15, -0.1) is 0 Å². The summed E-state index contributed by atoms with van der Waals surface area (Å²) in [6, 6.07) is 2.02. The van der Waals surface area contributed by atoms with Gasteiger partial charge in [0.05, 0.1) is 22.4 Å². The van der Waals surface area contributed by atoms with Crippen LogP contribution in [-0.4, -0.2) is 19.8 Å². The van der Waals surface area contributed by atoms with Crippen LogP contribution in [0.15, 0.2) is 21.2 Å². The summed E-state index contributed by atoms with van der Waals surface area (Å²) in [7, 11) is 3.79. The second-order valence-corrected chi connectivity index (χ2v) is 7.14. The fourth-order valence-corrected chi connectivity index (χ4v) is 3.54. The molecule has 1 saturated carbocycles. The Kier molecular flexibility index (Phi) is 4.43. The van der Waals surface area contributed by atoms with Gasteiger partial charge < -0.3 is 14.5 Å². The van der Waals surface area contributed by atoms with Gasteiger partial charge in [-0.3, -0.25) is 0 Å². The van der Waals surface area contributed by atoms with E-state index < -0.39 is 0 Å². The van der Waals surface area contributed by atoms with Gasteiger partial charge >= 0.3 is 0 Å². The van der Waals surface area contributed by atoms with E-state index in [9.17, 15) is 0 Å². The van der Waals surface area contributed by atoms with Crippen molar-refractivity contribution in [3.05, 3.63) is 22.6 Å². The molecule has 4 heteroatoms. The highest BCUT2D eigenvalue weighted by molar-refractivity contribution is 9.10. The molecule has 1 N–H and O–H groups in total. The van der Waals surface area contributed by atoms with Crippen molar-refractivity contribution >= 4 is 15.9 Å². The number of methoxy groups -OCH3 is 1. The molecule has 0 bridgehead atoms. The standard InChI is InChI=1S/C15H24BrNO2/c1-14(2)6-8-15(18-4,9-7-14)13(17-3)12-11(16)5-10-19-12/h5,10,13,17H,6-9H2,1-4H3. The third kappa shape index (κ3) is 2.91. The molecular formula is C15H24BrNO2. The van der Waals surface area contributed by atoms with Crippen LogP contribution < -0.4 is 5.32 Å². The molecule has 1 aliphatic rings. The molecule has 0 aromatic carbocycles. The lowest BCUT2D eigenvalue weighted by Crippen LogP contribution is -2.48. The number of hydrogen-bond acceptors (Lipinski definition) is 3. The molecule has 3 nitrogen and oxygen atoms in total. The fraction of sp³-hybridized carbons (Fsp3) is 0.733. The summed E-state index contributed by atoms with van der Waals surface area (Å²) in [4.78, 5) is 0. The normalized spacial score (nSPS) is 23.2. The highest BCUT2D eigenvalue weighted by Gasteiger charge is 2.46. The van der Waals surface area contributed by atoms with Gasteiger partial charge in [0.15, 0.2) is 0 Å². The molecule has 1 aromatic rings. The number of hydrogen-bond donors (Lipinski definition) is 1. The second-order valence-electron chi connectivity index (χ2n) is 6.29. The largest absolute Gasteiger partial charge is 0.466 e. The molecule has 19 heavy (non-hydrogen) atoms. The van der Waals surface area contributed by atoms with E-state index in [4.69, 9.17) is 9.15 Å². The predicted molar refractivity (Wildman–Crippen MR) is 80.2 cm³/mol. The Hall–Kier alpha value is -0.320. The molecule has 1 atom stereocenters. The molecule has 1 unspecified atom stereocenters. The van der Waals surface area contributed by atoms with Gasteiger partial charge in [0.25, 0.3) is 0 Å². The molecule has 0 saturated heterocycles. The van der Waals surface area contributed by atoms with E-state index in [2.05, 4.69) is 35.1 Å². The highest BCUT2D eigenvalue weighted by Crippen LogP contribution is 2.48. The van der Waals surface area contributed by atoms with Crippen molar-refractivity contribution in [3.63, 3.8) is 0 Å². The molecule has 1 aliphatic carbocycles. The van der Waals surface area contributed by atoms with Gasteiger partial charge in [0, 0.05) is 7.11 Å². The van der Waals surface area contributed by atoms with Gasteiger partial charge in [0.2, 0.25) is 0 Å². The van der Waals surface area contributed by atoms with E-state index >= 15 is 0 Å². The molecule has 108 valence electrons. The van der Waals surface area contributed by atoms with Crippen molar-refractivity contribution in [2.75, 3.05) is 14.2 Å². The average molecular weight is 330 g/mol. The summed E-state index contributed by atoms with van der Waals surface area (Å²) in [5.74, 6) is 0.934. The van der Waals surface area contributed by atoms with E-state index in [-0.39, 0.29) is 11.6 Å². The SMILES string of the molecule is CNC(c1occc1Br)C1(OC)CCC(C)(C)CC1. The van der Waals surface area contributed by atoms with Crippen LogP contribution in [0.5, 0.6) is 0 Å². The zero-order valence-corrected chi connectivity index (χ0v) is 13.8. The van der Waals surface area contributed by atoms with Crippen LogP contribution in [-0.2, 0) is 4.74 Å². The Morgan fingerprint density at radius 1 is 1.32 bits per heavy atom. The molecule has 0 radical (unpaired) electrons. The minimum atomic E-state index is -0.176. The molecule has 1 heterocycles. The van der Waals surface area contributed by atoms with Crippen molar-refractivity contribution < 1.29 is 9.15 Å². The summed E-state index contributed by atoms with van der Waals surface area (Å²) in [6.07, 6.45) is 6.18. The maximum absolute atomic E-state index is 5.96. The maximum atomic E-state index is 5.96. The zero-order chi connectivity index (χ0) is 14.1. The summed E-state index contributed by atoms with van der Waals surface area (Å²) in [6.45, 7) is 4.67. The number of ether oxygens (including phenoxy) is 1. The molecular weight excluding hydrogens is 306 g/mol. The van der Waals surface area contributed by atoms with Gasteiger partial charge in [0.1, 0.15) is 5.76 Å². The third-order valence-electron chi connectivity index (χ3n) is 4.58. The summed E-state index contributed by atoms with van der Waals surface area (Å²) in [5, 5.41) is 3.39. The van der Waals surface area contributed by atoms with Gasteiger partial charge in [-0.25, -0.2) is 0 Å². The minimum absolute atomic E-state index is 0.0815. The quantitative estimate of drug-likeness (QED) is 0.894. The first kappa shape index (κ1) is 15.1. The lowest BCUT2D eigenvalue weighted by molar-refractivity contribution is -0.0903. The Labute approximate surface area is 124 Å². The Bertz CT molecular complexity index is 418. The van der Waals surface area contributed by atoms with Crippen LogP contribution in [0.1, 0.15) is 51.3 Å².